The smallest absolute Gasteiger partial charge is 0.352 e. The van der Waals surface area contributed by atoms with Gasteiger partial charge in [-0.3, -0.25) is 9.69 Å². The molecule has 1 atom stereocenters. The van der Waals surface area contributed by atoms with Gasteiger partial charge in [-0.05, 0) is 18.3 Å². The first kappa shape index (κ1) is 20.5. The SMILES string of the molecule is CC(C)(C)[C@H](N)C(=O)NC1CCN(CC(F)(F)F)CC1.Cl. The minimum absolute atomic E-state index is 0. The topological polar surface area (TPSA) is 58.4 Å². The summed E-state index contributed by atoms with van der Waals surface area (Å²) >= 11 is 0. The van der Waals surface area contributed by atoms with E-state index in [2.05, 4.69) is 5.32 Å². The Kier molecular flexibility index (Phi) is 7.45. The molecule has 0 radical (unpaired) electrons. The number of nitrogens with one attached hydrogen (secondary N) is 1. The van der Waals surface area contributed by atoms with Gasteiger partial charge in [0.2, 0.25) is 5.91 Å². The highest BCUT2D eigenvalue weighted by Crippen LogP contribution is 2.21. The van der Waals surface area contributed by atoms with Crippen molar-refractivity contribution >= 4 is 18.3 Å². The Bertz CT molecular complexity index is 337. The minimum Gasteiger partial charge on any atom is -0.352 e. The van der Waals surface area contributed by atoms with Gasteiger partial charge in [0.05, 0.1) is 12.6 Å². The van der Waals surface area contributed by atoms with E-state index in [-0.39, 0.29) is 29.8 Å². The quantitative estimate of drug-likeness (QED) is 0.830. The monoisotopic (exact) mass is 331 g/mol. The lowest BCUT2D eigenvalue weighted by Gasteiger charge is -2.34. The lowest BCUT2D eigenvalue weighted by Crippen LogP contribution is -2.54. The van der Waals surface area contributed by atoms with E-state index in [1.807, 2.05) is 20.8 Å². The molecule has 1 fully saturated rings. The molecule has 0 aliphatic carbocycles. The molecule has 4 nitrogen and oxygen atoms in total. The maximum atomic E-state index is 12.3. The molecule has 0 aromatic heterocycles. The second-order valence-electron chi connectivity index (χ2n) is 6.52. The lowest BCUT2D eigenvalue weighted by atomic mass is 9.86. The summed E-state index contributed by atoms with van der Waals surface area (Å²) in [7, 11) is 0. The predicted octanol–water partition coefficient (Wildman–Crippen LogP) is 1.92. The van der Waals surface area contributed by atoms with Gasteiger partial charge in [0.25, 0.3) is 0 Å². The van der Waals surface area contributed by atoms with Crippen molar-refractivity contribution in [2.24, 2.45) is 11.1 Å². The lowest BCUT2D eigenvalue weighted by molar-refractivity contribution is -0.148. The van der Waals surface area contributed by atoms with Crippen LogP contribution in [0.2, 0.25) is 0 Å². The van der Waals surface area contributed by atoms with E-state index in [1.165, 1.54) is 4.90 Å². The zero-order chi connectivity index (χ0) is 15.6. The number of alkyl halides is 3. The normalized spacial score (nSPS) is 19.8. The summed E-state index contributed by atoms with van der Waals surface area (Å²) in [6.07, 6.45) is -3.11. The van der Waals surface area contributed by atoms with Crippen LogP contribution in [0.3, 0.4) is 0 Å². The van der Waals surface area contributed by atoms with Crippen molar-refractivity contribution in [2.75, 3.05) is 19.6 Å². The zero-order valence-corrected chi connectivity index (χ0v) is 13.5. The summed E-state index contributed by atoms with van der Waals surface area (Å²) in [5.41, 5.74) is 5.52. The second-order valence-corrected chi connectivity index (χ2v) is 6.52. The number of rotatable bonds is 3. The number of halogens is 4. The summed E-state index contributed by atoms with van der Waals surface area (Å²) in [6.45, 7) is 5.44. The second kappa shape index (κ2) is 7.65. The molecule has 0 spiro atoms. The fourth-order valence-corrected chi connectivity index (χ4v) is 2.17. The standard InChI is InChI=1S/C13H24F3N3O.ClH/c1-12(2,3)10(17)11(20)18-9-4-6-19(7-5-9)8-13(14,15)16;/h9-10H,4-8,17H2,1-3H3,(H,18,20);1H/t10-;/m1./s1. The highest BCUT2D eigenvalue weighted by Gasteiger charge is 2.34. The van der Waals surface area contributed by atoms with E-state index >= 15 is 0 Å². The van der Waals surface area contributed by atoms with Crippen LogP contribution in [0.1, 0.15) is 33.6 Å². The van der Waals surface area contributed by atoms with Crippen LogP contribution in [-0.4, -0.2) is 48.7 Å². The molecule has 1 rings (SSSR count). The number of amides is 1. The van der Waals surface area contributed by atoms with Crippen LogP contribution in [0, 0.1) is 5.41 Å². The summed E-state index contributed by atoms with van der Waals surface area (Å²) < 4.78 is 36.8. The Morgan fingerprint density at radius 2 is 1.76 bits per heavy atom. The first-order valence-electron chi connectivity index (χ1n) is 6.84. The van der Waals surface area contributed by atoms with Gasteiger partial charge in [0.1, 0.15) is 0 Å². The molecular weight excluding hydrogens is 307 g/mol. The van der Waals surface area contributed by atoms with Crippen molar-refractivity contribution in [2.45, 2.75) is 51.9 Å². The van der Waals surface area contributed by atoms with E-state index in [0.29, 0.717) is 25.9 Å². The van der Waals surface area contributed by atoms with E-state index in [4.69, 9.17) is 5.73 Å². The summed E-state index contributed by atoms with van der Waals surface area (Å²) in [4.78, 5) is 13.3. The Balaban J connectivity index is 0.00000400. The fraction of sp³-hybridized carbons (Fsp3) is 0.923. The first-order valence-corrected chi connectivity index (χ1v) is 6.84. The molecule has 0 bridgehead atoms. The number of nitrogens with zero attached hydrogens (tertiary/aromatic N) is 1. The third-order valence-electron chi connectivity index (χ3n) is 3.55. The number of piperidine rings is 1. The van der Waals surface area contributed by atoms with Gasteiger partial charge in [-0.2, -0.15) is 13.2 Å². The molecule has 1 heterocycles. The molecule has 8 heteroatoms. The minimum atomic E-state index is -4.16. The highest BCUT2D eigenvalue weighted by atomic mass is 35.5. The summed E-state index contributed by atoms with van der Waals surface area (Å²) in [6, 6.07) is -0.698. The van der Waals surface area contributed by atoms with Crippen molar-refractivity contribution in [3.8, 4) is 0 Å². The molecule has 0 unspecified atom stereocenters. The maximum absolute atomic E-state index is 12.3. The molecule has 0 saturated carbocycles. The van der Waals surface area contributed by atoms with Gasteiger partial charge in [-0.15, -0.1) is 12.4 Å². The number of carbonyl (C=O) groups excluding carboxylic acids is 1. The molecule has 1 aliphatic rings. The number of hydrogen-bond donors (Lipinski definition) is 2. The molecule has 1 saturated heterocycles. The van der Waals surface area contributed by atoms with Crippen LogP contribution >= 0.6 is 12.4 Å². The van der Waals surface area contributed by atoms with Crippen LogP contribution in [0.25, 0.3) is 0 Å². The number of nitrogens with two attached hydrogens (primary N) is 1. The number of hydrogen-bond acceptors (Lipinski definition) is 3. The molecule has 0 aromatic carbocycles. The molecule has 21 heavy (non-hydrogen) atoms. The maximum Gasteiger partial charge on any atom is 0.401 e. The van der Waals surface area contributed by atoms with Crippen LogP contribution in [0.4, 0.5) is 13.2 Å². The average Bonchev–Trinajstić information content (AvgIpc) is 2.27. The largest absolute Gasteiger partial charge is 0.401 e. The van der Waals surface area contributed by atoms with Crippen molar-refractivity contribution in [1.82, 2.24) is 10.2 Å². The van der Waals surface area contributed by atoms with Crippen molar-refractivity contribution in [3.05, 3.63) is 0 Å². The van der Waals surface area contributed by atoms with Crippen molar-refractivity contribution < 1.29 is 18.0 Å². The fourth-order valence-electron chi connectivity index (χ4n) is 2.17. The van der Waals surface area contributed by atoms with Crippen LogP contribution in [0.15, 0.2) is 0 Å². The number of likely N-dealkylation sites (tertiary alicyclic amines) is 1. The molecule has 0 aromatic rings. The third-order valence-corrected chi connectivity index (χ3v) is 3.55. The molecular formula is C13H25ClF3N3O. The van der Waals surface area contributed by atoms with Gasteiger partial charge in [0, 0.05) is 19.1 Å². The first-order chi connectivity index (χ1) is 8.99. The van der Waals surface area contributed by atoms with Gasteiger partial charge < -0.3 is 11.1 Å². The van der Waals surface area contributed by atoms with Gasteiger partial charge in [0.15, 0.2) is 0 Å². The highest BCUT2D eigenvalue weighted by molar-refractivity contribution is 5.85. The van der Waals surface area contributed by atoms with Crippen LogP contribution in [0.5, 0.6) is 0 Å². The molecule has 3 N–H and O–H groups in total. The van der Waals surface area contributed by atoms with Crippen molar-refractivity contribution in [3.63, 3.8) is 0 Å². The van der Waals surface area contributed by atoms with Gasteiger partial charge in [-0.25, -0.2) is 0 Å². The van der Waals surface area contributed by atoms with E-state index in [1.54, 1.807) is 0 Å². The zero-order valence-electron chi connectivity index (χ0n) is 12.7. The average molecular weight is 332 g/mol. The van der Waals surface area contributed by atoms with Gasteiger partial charge >= 0.3 is 6.18 Å². The summed E-state index contributed by atoms with van der Waals surface area (Å²) in [5, 5.41) is 2.84. The van der Waals surface area contributed by atoms with Crippen LogP contribution < -0.4 is 11.1 Å². The van der Waals surface area contributed by atoms with Crippen molar-refractivity contribution in [1.29, 1.82) is 0 Å². The van der Waals surface area contributed by atoms with Crippen LogP contribution in [-0.2, 0) is 4.79 Å². The Morgan fingerprint density at radius 3 is 2.14 bits per heavy atom. The Morgan fingerprint density at radius 1 is 1.29 bits per heavy atom. The Labute approximate surface area is 130 Å². The molecule has 126 valence electrons. The number of carbonyl (C=O) groups is 1. The third kappa shape index (κ3) is 7.33. The summed E-state index contributed by atoms with van der Waals surface area (Å²) in [5.74, 6) is -0.230. The van der Waals surface area contributed by atoms with E-state index < -0.39 is 18.8 Å². The predicted molar refractivity (Wildman–Crippen MR) is 78.3 cm³/mol. The molecule has 1 amide bonds. The van der Waals surface area contributed by atoms with E-state index in [0.717, 1.165) is 0 Å². The van der Waals surface area contributed by atoms with Gasteiger partial charge in [-0.1, -0.05) is 20.8 Å². The molecule has 1 aliphatic heterocycles. The Hall–Kier alpha value is -0.530. The van der Waals surface area contributed by atoms with E-state index in [9.17, 15) is 18.0 Å².